The van der Waals surface area contributed by atoms with Crippen molar-refractivity contribution in [3.63, 3.8) is 0 Å². The average molecular weight is 391 g/mol. The Morgan fingerprint density at radius 2 is 1.93 bits per heavy atom. The van der Waals surface area contributed by atoms with E-state index in [0.717, 1.165) is 11.3 Å². The van der Waals surface area contributed by atoms with Gasteiger partial charge in [0.05, 0.1) is 24.8 Å². The lowest BCUT2D eigenvalue weighted by molar-refractivity contribution is 0.0953. The lowest BCUT2D eigenvalue weighted by Gasteiger charge is -2.10. The standard InChI is InChI=1S/C20H20ClFN2O3/c1-11-13(18-14(21)5-6-15(22)19(18)24-11)8-9-23-20(25)12-4-7-16(26-2)17(10-12)27-3/h4-7,10,24H,8-9H2,1-3H3,(H,23,25). The third-order valence-electron chi connectivity index (χ3n) is 4.48. The number of carbonyl (C=O) groups is 1. The first-order chi connectivity index (χ1) is 13.0. The number of aryl methyl sites for hydroxylation is 1. The van der Waals surface area contributed by atoms with Crippen LogP contribution in [0.25, 0.3) is 10.9 Å². The number of benzene rings is 2. The van der Waals surface area contributed by atoms with E-state index in [4.69, 9.17) is 21.1 Å². The molecule has 0 spiro atoms. The van der Waals surface area contributed by atoms with Gasteiger partial charge in [-0.05, 0) is 49.2 Å². The van der Waals surface area contributed by atoms with E-state index >= 15 is 0 Å². The van der Waals surface area contributed by atoms with Gasteiger partial charge in [-0.1, -0.05) is 11.6 Å². The van der Waals surface area contributed by atoms with Gasteiger partial charge >= 0.3 is 0 Å². The Morgan fingerprint density at radius 3 is 2.63 bits per heavy atom. The van der Waals surface area contributed by atoms with Gasteiger partial charge in [0.25, 0.3) is 5.91 Å². The molecule has 0 bridgehead atoms. The number of aromatic amines is 1. The molecular formula is C20H20ClFN2O3. The molecule has 7 heteroatoms. The normalized spacial score (nSPS) is 10.9. The molecule has 3 rings (SSSR count). The fraction of sp³-hybridized carbons (Fsp3) is 0.250. The highest BCUT2D eigenvalue weighted by Crippen LogP contribution is 2.31. The Kier molecular flexibility index (Phi) is 5.56. The summed E-state index contributed by atoms with van der Waals surface area (Å²) in [7, 11) is 3.05. The molecule has 142 valence electrons. The number of methoxy groups -OCH3 is 2. The molecule has 0 fully saturated rings. The lowest BCUT2D eigenvalue weighted by atomic mass is 10.1. The molecule has 1 aromatic heterocycles. The second-order valence-corrected chi connectivity index (χ2v) is 6.49. The number of aromatic nitrogens is 1. The van der Waals surface area contributed by atoms with Crippen LogP contribution in [-0.4, -0.2) is 31.7 Å². The molecule has 0 aliphatic rings. The molecule has 0 aliphatic carbocycles. The van der Waals surface area contributed by atoms with Crippen LogP contribution in [0.15, 0.2) is 30.3 Å². The minimum Gasteiger partial charge on any atom is -0.493 e. The van der Waals surface area contributed by atoms with Gasteiger partial charge in [-0.25, -0.2) is 4.39 Å². The van der Waals surface area contributed by atoms with E-state index in [1.807, 2.05) is 6.92 Å². The SMILES string of the molecule is COc1ccc(C(=O)NCCc2c(C)[nH]c3c(F)ccc(Cl)c23)cc1OC. The zero-order chi connectivity index (χ0) is 19.6. The van der Waals surface area contributed by atoms with Gasteiger partial charge in [0.2, 0.25) is 0 Å². The van der Waals surface area contributed by atoms with Crippen molar-refractivity contribution in [1.82, 2.24) is 10.3 Å². The number of nitrogens with one attached hydrogen (secondary N) is 2. The number of ether oxygens (including phenoxy) is 2. The molecule has 0 atom stereocenters. The summed E-state index contributed by atoms with van der Waals surface area (Å²) < 4.78 is 24.4. The van der Waals surface area contributed by atoms with Crippen molar-refractivity contribution in [1.29, 1.82) is 0 Å². The van der Waals surface area contributed by atoms with E-state index in [2.05, 4.69) is 10.3 Å². The fourth-order valence-corrected chi connectivity index (χ4v) is 3.38. The summed E-state index contributed by atoms with van der Waals surface area (Å²) in [6, 6.07) is 7.85. The topological polar surface area (TPSA) is 63.3 Å². The number of carbonyl (C=O) groups excluding carboxylic acids is 1. The molecule has 1 amide bonds. The molecule has 5 nitrogen and oxygen atoms in total. The molecule has 1 heterocycles. The summed E-state index contributed by atoms with van der Waals surface area (Å²) in [5, 5.41) is 4.01. The number of rotatable bonds is 6. The van der Waals surface area contributed by atoms with Crippen molar-refractivity contribution in [2.45, 2.75) is 13.3 Å². The van der Waals surface area contributed by atoms with Crippen LogP contribution >= 0.6 is 11.6 Å². The first kappa shape index (κ1) is 19.0. The van der Waals surface area contributed by atoms with Crippen molar-refractivity contribution >= 4 is 28.4 Å². The van der Waals surface area contributed by atoms with Crippen molar-refractivity contribution in [2.24, 2.45) is 0 Å². The van der Waals surface area contributed by atoms with Gasteiger partial charge < -0.3 is 19.8 Å². The molecular weight excluding hydrogens is 371 g/mol. The summed E-state index contributed by atoms with van der Waals surface area (Å²) in [4.78, 5) is 15.4. The number of halogens is 2. The second kappa shape index (κ2) is 7.88. The molecule has 0 saturated carbocycles. The highest BCUT2D eigenvalue weighted by atomic mass is 35.5. The van der Waals surface area contributed by atoms with Crippen LogP contribution in [0, 0.1) is 12.7 Å². The molecule has 0 saturated heterocycles. The summed E-state index contributed by atoms with van der Waals surface area (Å²) in [5.41, 5.74) is 2.58. The zero-order valence-electron chi connectivity index (χ0n) is 15.3. The van der Waals surface area contributed by atoms with Crippen molar-refractivity contribution in [2.75, 3.05) is 20.8 Å². The first-order valence-electron chi connectivity index (χ1n) is 8.41. The van der Waals surface area contributed by atoms with Crippen LogP contribution in [0.1, 0.15) is 21.6 Å². The van der Waals surface area contributed by atoms with E-state index in [1.165, 1.54) is 26.4 Å². The fourth-order valence-electron chi connectivity index (χ4n) is 3.11. The Bertz CT molecular complexity index is 1000. The molecule has 27 heavy (non-hydrogen) atoms. The molecule has 0 unspecified atom stereocenters. The summed E-state index contributed by atoms with van der Waals surface area (Å²) in [6.07, 6.45) is 0.522. The van der Waals surface area contributed by atoms with Crippen LogP contribution in [-0.2, 0) is 6.42 Å². The molecule has 2 aromatic carbocycles. The van der Waals surface area contributed by atoms with E-state index in [9.17, 15) is 9.18 Å². The maximum Gasteiger partial charge on any atom is 0.251 e. The molecule has 3 aromatic rings. The van der Waals surface area contributed by atoms with Gasteiger partial charge in [0.15, 0.2) is 11.5 Å². The van der Waals surface area contributed by atoms with E-state index in [1.54, 1.807) is 18.2 Å². The maximum absolute atomic E-state index is 14.0. The van der Waals surface area contributed by atoms with Crippen molar-refractivity contribution in [3.8, 4) is 11.5 Å². The van der Waals surface area contributed by atoms with E-state index in [0.29, 0.717) is 46.0 Å². The summed E-state index contributed by atoms with van der Waals surface area (Å²) in [5.74, 6) is 0.462. The van der Waals surface area contributed by atoms with Gasteiger partial charge in [0, 0.05) is 23.2 Å². The van der Waals surface area contributed by atoms with Gasteiger partial charge in [-0.15, -0.1) is 0 Å². The summed E-state index contributed by atoms with van der Waals surface area (Å²) in [6.45, 7) is 2.25. The average Bonchev–Trinajstić information content (AvgIpc) is 3.01. The third kappa shape index (κ3) is 3.71. The number of hydrogen-bond donors (Lipinski definition) is 2. The number of fused-ring (bicyclic) bond motifs is 1. The van der Waals surface area contributed by atoms with Gasteiger partial charge in [-0.3, -0.25) is 4.79 Å². The summed E-state index contributed by atoms with van der Waals surface area (Å²) >= 11 is 6.25. The van der Waals surface area contributed by atoms with Crippen LogP contribution in [0.3, 0.4) is 0 Å². The first-order valence-corrected chi connectivity index (χ1v) is 8.79. The van der Waals surface area contributed by atoms with Crippen molar-refractivity contribution < 1.29 is 18.7 Å². The van der Waals surface area contributed by atoms with Crippen LogP contribution in [0.5, 0.6) is 11.5 Å². The zero-order valence-corrected chi connectivity index (χ0v) is 16.0. The smallest absolute Gasteiger partial charge is 0.251 e. The van der Waals surface area contributed by atoms with Gasteiger partial charge in [0.1, 0.15) is 5.82 Å². The number of amides is 1. The van der Waals surface area contributed by atoms with Gasteiger partial charge in [-0.2, -0.15) is 0 Å². The number of hydrogen-bond acceptors (Lipinski definition) is 3. The third-order valence-corrected chi connectivity index (χ3v) is 4.79. The maximum atomic E-state index is 14.0. The molecule has 0 aliphatic heterocycles. The Morgan fingerprint density at radius 1 is 1.19 bits per heavy atom. The van der Waals surface area contributed by atoms with E-state index < -0.39 is 0 Å². The Balaban J connectivity index is 1.74. The second-order valence-electron chi connectivity index (χ2n) is 6.08. The highest BCUT2D eigenvalue weighted by Gasteiger charge is 2.16. The molecule has 2 N–H and O–H groups in total. The quantitative estimate of drug-likeness (QED) is 0.661. The highest BCUT2D eigenvalue weighted by molar-refractivity contribution is 6.35. The van der Waals surface area contributed by atoms with E-state index in [-0.39, 0.29) is 11.7 Å². The predicted molar refractivity (Wildman–Crippen MR) is 104 cm³/mol. The molecule has 0 radical (unpaired) electrons. The lowest BCUT2D eigenvalue weighted by Crippen LogP contribution is -2.25. The Hall–Kier alpha value is -2.73. The van der Waals surface area contributed by atoms with Crippen LogP contribution in [0.4, 0.5) is 4.39 Å². The predicted octanol–water partition coefficient (Wildman–Crippen LogP) is 4.26. The Labute approximate surface area is 161 Å². The number of H-pyrrole nitrogens is 1. The van der Waals surface area contributed by atoms with Crippen molar-refractivity contribution in [3.05, 3.63) is 58.0 Å². The van der Waals surface area contributed by atoms with Crippen LogP contribution in [0.2, 0.25) is 5.02 Å². The minimum absolute atomic E-state index is 0.231. The minimum atomic E-state index is -0.349. The van der Waals surface area contributed by atoms with Crippen LogP contribution < -0.4 is 14.8 Å². The largest absolute Gasteiger partial charge is 0.493 e. The monoisotopic (exact) mass is 390 g/mol.